The number of carbonyl (C=O) groups is 4. The third kappa shape index (κ3) is 2.94. The Bertz CT molecular complexity index is 1220. The number of nitrogens with one attached hydrogen (secondary N) is 1. The highest BCUT2D eigenvalue weighted by atomic mass is 19.2. The molecule has 33 heavy (non-hydrogen) atoms. The van der Waals surface area contributed by atoms with Crippen LogP contribution in [0, 0.1) is 23.3 Å². The Morgan fingerprint density at radius 3 is 2.18 bits per heavy atom. The van der Waals surface area contributed by atoms with Gasteiger partial charge in [0.1, 0.15) is 0 Å². The fourth-order valence-corrected chi connectivity index (χ4v) is 4.13. The number of benzene rings is 2. The molecule has 1 saturated heterocycles. The molecule has 2 N–H and O–H groups in total. The van der Waals surface area contributed by atoms with E-state index in [1.165, 1.54) is 6.92 Å². The van der Waals surface area contributed by atoms with E-state index in [0.29, 0.717) is 10.5 Å². The minimum atomic E-state index is -2.63. The molecule has 12 heteroatoms. The number of nitrogens with zero attached hydrogens (tertiary/aromatic N) is 2. The number of urea groups is 1. The summed E-state index contributed by atoms with van der Waals surface area (Å²) < 4.78 is 56.3. The molecule has 0 aromatic heterocycles. The summed E-state index contributed by atoms with van der Waals surface area (Å²) in [4.78, 5) is 52.4. The van der Waals surface area contributed by atoms with E-state index in [1.807, 2.05) is 5.32 Å². The minimum Gasteiger partial charge on any atom is -0.369 e. The molecule has 2 heterocycles. The van der Waals surface area contributed by atoms with Gasteiger partial charge in [0.25, 0.3) is 17.7 Å². The highest BCUT2D eigenvalue weighted by molar-refractivity contribution is 6.24. The van der Waals surface area contributed by atoms with Crippen LogP contribution in [0.25, 0.3) is 0 Å². The van der Waals surface area contributed by atoms with Gasteiger partial charge in [-0.3, -0.25) is 29.5 Å². The Morgan fingerprint density at radius 2 is 1.58 bits per heavy atom. The summed E-state index contributed by atoms with van der Waals surface area (Å²) in [5.41, 5.74) is -4.77. The van der Waals surface area contributed by atoms with Crippen molar-refractivity contribution in [2.24, 2.45) is 0 Å². The van der Waals surface area contributed by atoms with Crippen LogP contribution < -0.4 is 5.32 Å². The van der Waals surface area contributed by atoms with Crippen LogP contribution in [-0.2, 0) is 16.1 Å². The number of carbonyl (C=O) groups excluding carboxylic acids is 4. The normalized spacial score (nSPS) is 22.7. The number of imide groups is 2. The number of hydrogen-bond acceptors (Lipinski definition) is 5. The first-order valence-corrected chi connectivity index (χ1v) is 9.66. The maximum absolute atomic E-state index is 14.4. The van der Waals surface area contributed by atoms with Gasteiger partial charge in [-0.15, -0.1) is 0 Å². The second-order valence-electron chi connectivity index (χ2n) is 7.44. The zero-order valence-electron chi connectivity index (χ0n) is 16.9. The Morgan fingerprint density at radius 1 is 0.970 bits per heavy atom. The van der Waals surface area contributed by atoms with Crippen molar-refractivity contribution >= 4 is 23.8 Å². The van der Waals surface area contributed by atoms with Gasteiger partial charge in [0.2, 0.25) is 5.54 Å². The van der Waals surface area contributed by atoms with Crippen LogP contribution in [0.5, 0.6) is 0 Å². The first-order chi connectivity index (χ1) is 15.6. The van der Waals surface area contributed by atoms with Crippen molar-refractivity contribution in [1.29, 1.82) is 0 Å². The molecule has 0 radical (unpaired) electrons. The van der Waals surface area contributed by atoms with E-state index in [0.717, 1.165) is 0 Å². The van der Waals surface area contributed by atoms with E-state index < -0.39 is 76.3 Å². The number of amides is 5. The van der Waals surface area contributed by atoms with Gasteiger partial charge in [-0.2, -0.15) is 0 Å². The van der Waals surface area contributed by atoms with Crippen LogP contribution in [0.4, 0.5) is 22.4 Å². The summed E-state index contributed by atoms with van der Waals surface area (Å²) in [6.45, 7) is 0.919. The zero-order valence-corrected chi connectivity index (χ0v) is 16.9. The van der Waals surface area contributed by atoms with E-state index in [-0.39, 0.29) is 11.4 Å². The summed E-state index contributed by atoms with van der Waals surface area (Å²) in [6.07, 6.45) is -3.06. The Kier molecular flexibility index (Phi) is 5.20. The molecule has 8 nitrogen and oxygen atoms in total. The average Bonchev–Trinajstić information content (AvgIpc) is 3.06. The van der Waals surface area contributed by atoms with Gasteiger partial charge in [0.15, 0.2) is 29.5 Å². The van der Waals surface area contributed by atoms with Gasteiger partial charge in [-0.25, -0.2) is 22.4 Å². The predicted octanol–water partition coefficient (Wildman–Crippen LogP) is 2.12. The molecule has 2 aromatic rings. The SMILES string of the molecule is CCC1(N2C(=O)c3c(F)c(F)c(F)c(F)c3C2O)C(=O)NC(=O)N(Cc2ccccc2)C1=O. The van der Waals surface area contributed by atoms with Gasteiger partial charge in [0.05, 0.1) is 17.7 Å². The molecule has 0 bridgehead atoms. The van der Waals surface area contributed by atoms with E-state index in [2.05, 4.69) is 0 Å². The third-order valence-corrected chi connectivity index (χ3v) is 5.79. The number of fused-ring (bicyclic) bond motifs is 1. The van der Waals surface area contributed by atoms with Crippen LogP contribution in [0.2, 0.25) is 0 Å². The highest BCUT2D eigenvalue weighted by Gasteiger charge is 2.63. The van der Waals surface area contributed by atoms with Crippen LogP contribution >= 0.6 is 0 Å². The van der Waals surface area contributed by atoms with Gasteiger partial charge in [0, 0.05) is 0 Å². The second kappa shape index (κ2) is 7.66. The Labute approximate surface area is 183 Å². The molecule has 2 aromatic carbocycles. The minimum absolute atomic E-state index is 0.144. The van der Waals surface area contributed by atoms with Crippen molar-refractivity contribution in [1.82, 2.24) is 15.1 Å². The fourth-order valence-electron chi connectivity index (χ4n) is 4.13. The quantitative estimate of drug-likeness (QED) is 0.311. The highest BCUT2D eigenvalue weighted by Crippen LogP contribution is 2.44. The predicted molar refractivity (Wildman–Crippen MR) is 101 cm³/mol. The molecule has 2 atom stereocenters. The molecule has 0 spiro atoms. The molecule has 172 valence electrons. The molecule has 2 unspecified atom stereocenters. The summed E-state index contributed by atoms with van der Waals surface area (Å²) in [6, 6.07) is 6.96. The van der Waals surface area contributed by atoms with Crippen molar-refractivity contribution in [3.8, 4) is 0 Å². The summed E-state index contributed by atoms with van der Waals surface area (Å²) in [5, 5.41) is 12.5. The number of aliphatic hydroxyl groups is 1. The molecule has 2 aliphatic heterocycles. The first-order valence-electron chi connectivity index (χ1n) is 9.66. The lowest BCUT2D eigenvalue weighted by molar-refractivity contribution is -0.160. The number of barbiturate groups is 1. The molecular weight excluding hydrogens is 450 g/mol. The van der Waals surface area contributed by atoms with E-state index in [1.54, 1.807) is 30.3 Å². The summed E-state index contributed by atoms with van der Waals surface area (Å²) in [5.74, 6) is -12.9. The number of halogens is 4. The van der Waals surface area contributed by atoms with Crippen LogP contribution in [0.3, 0.4) is 0 Å². The lowest BCUT2D eigenvalue weighted by Gasteiger charge is -2.45. The van der Waals surface area contributed by atoms with Crippen molar-refractivity contribution in [2.75, 3.05) is 0 Å². The van der Waals surface area contributed by atoms with Crippen LogP contribution in [0.15, 0.2) is 30.3 Å². The molecule has 1 fully saturated rings. The molecule has 0 aliphatic carbocycles. The van der Waals surface area contributed by atoms with E-state index in [9.17, 15) is 41.8 Å². The molecule has 0 saturated carbocycles. The van der Waals surface area contributed by atoms with Gasteiger partial charge >= 0.3 is 6.03 Å². The Balaban J connectivity index is 1.85. The van der Waals surface area contributed by atoms with E-state index >= 15 is 0 Å². The maximum Gasteiger partial charge on any atom is 0.331 e. The van der Waals surface area contributed by atoms with Gasteiger partial charge in [-0.05, 0) is 12.0 Å². The van der Waals surface area contributed by atoms with Crippen molar-refractivity contribution in [2.45, 2.75) is 31.7 Å². The van der Waals surface area contributed by atoms with Crippen LogP contribution in [0.1, 0.15) is 41.1 Å². The lowest BCUT2D eigenvalue weighted by atomic mass is 9.88. The molecular formula is C21H15F4N3O5. The lowest BCUT2D eigenvalue weighted by Crippen LogP contribution is -2.74. The van der Waals surface area contributed by atoms with Gasteiger partial charge < -0.3 is 5.11 Å². The average molecular weight is 465 g/mol. The Hall–Kier alpha value is -3.80. The largest absolute Gasteiger partial charge is 0.369 e. The van der Waals surface area contributed by atoms with Crippen molar-refractivity contribution in [3.05, 3.63) is 70.3 Å². The topological polar surface area (TPSA) is 107 Å². The summed E-state index contributed by atoms with van der Waals surface area (Å²) >= 11 is 0. The molecule has 2 aliphatic rings. The van der Waals surface area contributed by atoms with Gasteiger partial charge in [-0.1, -0.05) is 37.3 Å². The maximum atomic E-state index is 14.4. The van der Waals surface area contributed by atoms with Crippen LogP contribution in [-0.4, -0.2) is 44.2 Å². The molecule has 5 amide bonds. The number of hydrogen-bond donors (Lipinski definition) is 2. The smallest absolute Gasteiger partial charge is 0.331 e. The molecule has 4 rings (SSSR count). The first kappa shape index (κ1) is 22.4. The zero-order chi connectivity index (χ0) is 24.2. The summed E-state index contributed by atoms with van der Waals surface area (Å²) in [7, 11) is 0. The fraction of sp³-hybridized carbons (Fsp3) is 0.238. The van der Waals surface area contributed by atoms with Crippen molar-refractivity contribution in [3.63, 3.8) is 0 Å². The van der Waals surface area contributed by atoms with E-state index in [4.69, 9.17) is 0 Å². The monoisotopic (exact) mass is 465 g/mol. The third-order valence-electron chi connectivity index (χ3n) is 5.79. The standard InChI is InChI=1S/C21H15F4N3O5/c1-2-21(18(31)26-20(33)27(19(21)32)8-9-6-4-3-5-7-9)28-16(29)10-11(17(28)30)13(23)15(25)14(24)12(10)22/h3-7,16,29H,2,8H2,1H3,(H,26,31,33). The van der Waals surface area contributed by atoms with Crippen molar-refractivity contribution < 1.29 is 41.8 Å². The second-order valence-corrected chi connectivity index (χ2v) is 7.44. The number of rotatable bonds is 4. The number of aliphatic hydroxyl groups excluding tert-OH is 1.